The number of aliphatic hydroxyl groups is 4. The molecule has 11 heteroatoms. The quantitative estimate of drug-likeness (QED) is 0.114. The van der Waals surface area contributed by atoms with Crippen LogP contribution in [0.4, 0.5) is 0 Å². The molecular weight excluding hydrogens is 482 g/mol. The lowest BCUT2D eigenvalue weighted by molar-refractivity contribution is -0.200. The van der Waals surface area contributed by atoms with Gasteiger partial charge in [0, 0.05) is 17.7 Å². The van der Waals surface area contributed by atoms with Gasteiger partial charge in [-0.15, -0.1) is 6.58 Å². The van der Waals surface area contributed by atoms with Gasteiger partial charge in [0.2, 0.25) is 5.79 Å². The Kier molecular flexibility index (Phi) is 6.76. The molecule has 8 N–H and O–H groups in total. The number of phenols is 1. The molecule has 198 valence electrons. The highest BCUT2D eigenvalue weighted by molar-refractivity contribution is 6.15. The van der Waals surface area contributed by atoms with Gasteiger partial charge in [0.25, 0.3) is 5.91 Å². The van der Waals surface area contributed by atoms with E-state index in [0.717, 1.165) is 0 Å². The number of hydrogen-bond acceptors (Lipinski definition) is 10. The summed E-state index contributed by atoms with van der Waals surface area (Å²) in [5.74, 6) is -10.1. The molecule has 1 aromatic rings. The summed E-state index contributed by atoms with van der Waals surface area (Å²) in [6.07, 6.45) is 1.81. The van der Waals surface area contributed by atoms with E-state index >= 15 is 0 Å². The number of carbonyl (C=O) groups excluding carboxylic acids is 3. The highest BCUT2D eigenvalue weighted by Crippen LogP contribution is 2.54. The number of phenolic OH excluding ortho intramolecular Hbond substituents is 1. The number of ketones is 2. The van der Waals surface area contributed by atoms with Gasteiger partial charge in [0.05, 0.1) is 24.1 Å². The number of allylic oxidation sites excluding steroid dienone is 1. The van der Waals surface area contributed by atoms with E-state index in [1.807, 2.05) is 0 Å². The van der Waals surface area contributed by atoms with Gasteiger partial charge < -0.3 is 36.6 Å². The van der Waals surface area contributed by atoms with Crippen LogP contribution in [0.25, 0.3) is 0 Å². The normalized spacial score (nSPS) is 26.5. The van der Waals surface area contributed by atoms with Gasteiger partial charge in [-0.1, -0.05) is 6.08 Å². The number of amides is 1. The molecule has 37 heavy (non-hydrogen) atoms. The number of aromatic hydroxyl groups is 1. The second kappa shape index (κ2) is 9.42. The molecule has 11 nitrogen and oxygen atoms in total. The SMILES string of the molecule is C=CCNCC(=O)c1ccc(O)c2c1CC1CC3C(C(O)=C1C2=O)C(O)(O)C(C(N)=O)=C(O)[C@H]3N(C)C. The monoisotopic (exact) mass is 513 g/mol. The summed E-state index contributed by atoms with van der Waals surface area (Å²) < 4.78 is 0. The molecule has 0 radical (unpaired) electrons. The maximum absolute atomic E-state index is 13.7. The van der Waals surface area contributed by atoms with E-state index in [0.29, 0.717) is 12.1 Å². The largest absolute Gasteiger partial charge is 0.511 e. The first-order valence-corrected chi connectivity index (χ1v) is 11.9. The number of Topliss-reactive ketones (excluding diaryl/α,β-unsaturated/α-hetero) is 2. The lowest BCUT2D eigenvalue weighted by atomic mass is 9.59. The van der Waals surface area contributed by atoms with Crippen LogP contribution in [-0.2, 0) is 11.2 Å². The maximum Gasteiger partial charge on any atom is 0.253 e. The number of nitrogens with two attached hydrogens (primary N) is 1. The predicted octanol–water partition coefficient (Wildman–Crippen LogP) is 0.0758. The Morgan fingerprint density at radius 2 is 1.89 bits per heavy atom. The summed E-state index contributed by atoms with van der Waals surface area (Å²) in [7, 11) is 3.22. The average molecular weight is 514 g/mol. The Bertz CT molecular complexity index is 1260. The van der Waals surface area contributed by atoms with Crippen LogP contribution in [0, 0.1) is 17.8 Å². The highest BCUT2D eigenvalue weighted by atomic mass is 16.5. The average Bonchev–Trinajstić information content (AvgIpc) is 2.77. The van der Waals surface area contributed by atoms with Gasteiger partial charge >= 0.3 is 0 Å². The zero-order valence-electron chi connectivity index (χ0n) is 20.6. The summed E-state index contributed by atoms with van der Waals surface area (Å²) in [4.78, 5) is 40.2. The Balaban J connectivity index is 1.87. The molecule has 0 heterocycles. The van der Waals surface area contributed by atoms with E-state index in [4.69, 9.17) is 5.73 Å². The third kappa shape index (κ3) is 4.04. The Labute approximate surface area is 213 Å². The lowest BCUT2D eigenvalue weighted by Crippen LogP contribution is -2.60. The fourth-order valence-electron chi connectivity index (χ4n) is 6.21. The van der Waals surface area contributed by atoms with Gasteiger partial charge in [-0.25, -0.2) is 0 Å². The van der Waals surface area contributed by atoms with Crippen LogP contribution in [0.1, 0.15) is 32.7 Å². The summed E-state index contributed by atoms with van der Waals surface area (Å²) in [5.41, 5.74) is 4.82. The molecule has 1 aromatic carbocycles. The van der Waals surface area contributed by atoms with Crippen molar-refractivity contribution in [2.45, 2.75) is 24.7 Å². The molecule has 4 atom stereocenters. The first-order valence-electron chi connectivity index (χ1n) is 11.9. The fourth-order valence-corrected chi connectivity index (χ4v) is 6.21. The first-order chi connectivity index (χ1) is 17.3. The van der Waals surface area contributed by atoms with E-state index in [-0.39, 0.29) is 47.6 Å². The molecule has 3 aliphatic rings. The third-order valence-electron chi connectivity index (χ3n) is 7.60. The minimum absolute atomic E-state index is 0.0183. The van der Waals surface area contributed by atoms with Crippen molar-refractivity contribution < 1.29 is 39.9 Å². The summed E-state index contributed by atoms with van der Waals surface area (Å²) in [6, 6.07) is 1.76. The number of nitrogens with zero attached hydrogens (tertiary/aromatic N) is 1. The molecule has 3 unspecified atom stereocenters. The smallest absolute Gasteiger partial charge is 0.253 e. The van der Waals surface area contributed by atoms with Crippen LogP contribution in [0.5, 0.6) is 5.75 Å². The predicted molar refractivity (Wildman–Crippen MR) is 132 cm³/mol. The summed E-state index contributed by atoms with van der Waals surface area (Å²) in [6.45, 7) is 3.97. The molecular formula is C26H31N3O8. The van der Waals surface area contributed by atoms with Crippen molar-refractivity contribution in [3.8, 4) is 5.75 Å². The highest BCUT2D eigenvalue weighted by Gasteiger charge is 2.60. The number of primary amides is 1. The molecule has 0 bridgehead atoms. The number of benzene rings is 1. The number of likely N-dealkylation sites (N-methyl/N-ethyl adjacent to an activating group) is 1. The Morgan fingerprint density at radius 3 is 2.49 bits per heavy atom. The van der Waals surface area contributed by atoms with Crippen LogP contribution in [0.3, 0.4) is 0 Å². The molecule has 0 fully saturated rings. The lowest BCUT2D eigenvalue weighted by Gasteiger charge is -2.51. The van der Waals surface area contributed by atoms with Crippen molar-refractivity contribution in [2.75, 3.05) is 27.2 Å². The van der Waals surface area contributed by atoms with E-state index in [2.05, 4.69) is 11.9 Å². The number of fused-ring (bicyclic) bond motifs is 3. The van der Waals surface area contributed by atoms with Crippen LogP contribution in [0.2, 0.25) is 0 Å². The van der Waals surface area contributed by atoms with Gasteiger partial charge in [0.15, 0.2) is 11.6 Å². The molecule has 1 amide bonds. The molecule has 0 aliphatic heterocycles. The van der Waals surface area contributed by atoms with Gasteiger partial charge in [0.1, 0.15) is 22.8 Å². The van der Waals surface area contributed by atoms with Crippen molar-refractivity contribution in [1.82, 2.24) is 10.2 Å². The van der Waals surface area contributed by atoms with Gasteiger partial charge in [-0.2, -0.15) is 0 Å². The first kappa shape index (κ1) is 26.6. The van der Waals surface area contributed by atoms with Crippen LogP contribution in [-0.4, -0.2) is 86.9 Å². The molecule has 0 saturated carbocycles. The molecule has 4 rings (SSSR count). The van der Waals surface area contributed by atoms with Crippen LogP contribution < -0.4 is 11.1 Å². The Morgan fingerprint density at radius 1 is 1.22 bits per heavy atom. The topological polar surface area (TPSA) is 194 Å². The molecule has 0 spiro atoms. The molecule has 0 aromatic heterocycles. The van der Waals surface area contributed by atoms with Crippen molar-refractivity contribution in [3.05, 3.63) is 64.1 Å². The molecule has 0 saturated heterocycles. The standard InChI is InChI=1S/C26H31N3O8/c1-4-7-28-10-16(31)12-5-6-15(30)18-13(12)8-11-9-14-19(23(33)17(11)22(18)32)26(36,37)20(25(27)35)24(34)21(14)29(2)3/h4-6,11,14,19,21,28,30,33-34,36-37H,1,7-10H2,2-3H3,(H2,27,35)/t11?,14?,19?,21-/m0/s1. The van der Waals surface area contributed by atoms with Crippen molar-refractivity contribution in [2.24, 2.45) is 23.5 Å². The zero-order chi connectivity index (χ0) is 27.4. The van der Waals surface area contributed by atoms with Crippen LogP contribution in [0.15, 0.2) is 47.5 Å². The second-order valence-corrected chi connectivity index (χ2v) is 9.99. The second-order valence-electron chi connectivity index (χ2n) is 9.99. The zero-order valence-corrected chi connectivity index (χ0v) is 20.6. The van der Waals surface area contributed by atoms with Gasteiger partial charge in [-0.3, -0.25) is 19.3 Å². The van der Waals surface area contributed by atoms with Gasteiger partial charge in [-0.05, 0) is 56.5 Å². The third-order valence-corrected chi connectivity index (χ3v) is 7.60. The van der Waals surface area contributed by atoms with Crippen molar-refractivity contribution in [1.29, 1.82) is 0 Å². The maximum atomic E-state index is 13.7. The molecule has 3 aliphatic carbocycles. The van der Waals surface area contributed by atoms with E-state index in [1.54, 1.807) is 25.1 Å². The number of hydrogen-bond donors (Lipinski definition) is 7. The minimum atomic E-state index is -3.05. The minimum Gasteiger partial charge on any atom is -0.511 e. The Hall–Kier alpha value is -3.51. The number of carbonyl (C=O) groups is 3. The fraction of sp³-hybridized carbons (Fsp3) is 0.423. The van der Waals surface area contributed by atoms with Crippen molar-refractivity contribution >= 4 is 17.5 Å². The number of nitrogens with one attached hydrogen (secondary N) is 1. The van der Waals surface area contributed by atoms with E-state index < -0.39 is 58.4 Å². The number of rotatable bonds is 7. The number of aliphatic hydroxyl groups excluding tert-OH is 2. The van der Waals surface area contributed by atoms with E-state index in [9.17, 15) is 39.9 Å². The summed E-state index contributed by atoms with van der Waals surface area (Å²) in [5, 5.41) is 57.6. The van der Waals surface area contributed by atoms with Crippen LogP contribution >= 0.6 is 0 Å². The van der Waals surface area contributed by atoms with E-state index in [1.165, 1.54) is 12.1 Å². The van der Waals surface area contributed by atoms with Crippen molar-refractivity contribution in [3.63, 3.8) is 0 Å². The summed E-state index contributed by atoms with van der Waals surface area (Å²) >= 11 is 0.